The van der Waals surface area contributed by atoms with Crippen LogP contribution in [0.15, 0.2) is 34.3 Å². The van der Waals surface area contributed by atoms with Gasteiger partial charge in [-0.1, -0.05) is 24.2 Å². The molecule has 0 aliphatic carbocycles. The van der Waals surface area contributed by atoms with E-state index in [2.05, 4.69) is 10.5 Å². The summed E-state index contributed by atoms with van der Waals surface area (Å²) in [7, 11) is -3.60. The molecule has 1 spiro atoms. The Morgan fingerprint density at radius 2 is 2.14 bits per heavy atom. The van der Waals surface area contributed by atoms with Gasteiger partial charge in [0.2, 0.25) is 10.0 Å². The molecule has 2 fully saturated rings. The van der Waals surface area contributed by atoms with Crippen molar-refractivity contribution in [1.82, 2.24) is 9.62 Å². The third-order valence-corrected chi connectivity index (χ3v) is 7.73. The SMILES string of the molecule is CCc1ccc(S(=O)(=O)N2CC[C@]3(CC(C(=O)NC[C@H]4CCCO4)=NO3)C2)cc1. The van der Waals surface area contributed by atoms with E-state index in [-0.39, 0.29) is 23.5 Å². The van der Waals surface area contributed by atoms with Gasteiger partial charge in [-0.25, -0.2) is 8.42 Å². The Bertz CT molecular complexity index is 893. The number of nitrogens with zero attached hydrogens (tertiary/aromatic N) is 2. The Labute approximate surface area is 171 Å². The third kappa shape index (κ3) is 4.17. The number of hydrogen-bond donors (Lipinski definition) is 1. The van der Waals surface area contributed by atoms with Crippen molar-refractivity contribution < 1.29 is 22.8 Å². The maximum absolute atomic E-state index is 13.0. The Morgan fingerprint density at radius 3 is 2.83 bits per heavy atom. The third-order valence-electron chi connectivity index (χ3n) is 5.87. The molecule has 0 saturated carbocycles. The zero-order valence-corrected chi connectivity index (χ0v) is 17.4. The summed E-state index contributed by atoms with van der Waals surface area (Å²) in [5.74, 6) is -0.270. The molecule has 4 rings (SSSR count). The van der Waals surface area contributed by atoms with Crippen LogP contribution < -0.4 is 5.32 Å². The topological polar surface area (TPSA) is 97.3 Å². The van der Waals surface area contributed by atoms with Crippen LogP contribution in [0.1, 0.15) is 38.2 Å². The van der Waals surface area contributed by atoms with Gasteiger partial charge in [0.25, 0.3) is 5.91 Å². The van der Waals surface area contributed by atoms with E-state index < -0.39 is 15.6 Å². The molecule has 1 N–H and O–H groups in total. The molecular weight excluding hydrogens is 394 g/mol. The van der Waals surface area contributed by atoms with E-state index in [1.54, 1.807) is 12.1 Å². The second-order valence-electron chi connectivity index (χ2n) is 7.92. The van der Waals surface area contributed by atoms with Crippen molar-refractivity contribution in [3.63, 3.8) is 0 Å². The molecule has 0 aromatic heterocycles. The molecule has 3 aliphatic heterocycles. The highest BCUT2D eigenvalue weighted by Gasteiger charge is 2.49. The first-order chi connectivity index (χ1) is 13.9. The monoisotopic (exact) mass is 421 g/mol. The first-order valence-electron chi connectivity index (χ1n) is 10.2. The average molecular weight is 422 g/mol. The molecule has 2 atom stereocenters. The number of aryl methyl sites for hydroxylation is 1. The van der Waals surface area contributed by atoms with Gasteiger partial charge in [0.15, 0.2) is 5.60 Å². The minimum absolute atomic E-state index is 0.0574. The van der Waals surface area contributed by atoms with E-state index in [0.29, 0.717) is 31.6 Å². The van der Waals surface area contributed by atoms with Crippen LogP contribution in [-0.2, 0) is 30.8 Å². The van der Waals surface area contributed by atoms with Gasteiger partial charge in [-0.2, -0.15) is 4.31 Å². The average Bonchev–Trinajstić information content (AvgIpc) is 3.49. The zero-order valence-electron chi connectivity index (χ0n) is 16.6. The number of oxime groups is 1. The van der Waals surface area contributed by atoms with Crippen LogP contribution in [0.25, 0.3) is 0 Å². The molecule has 158 valence electrons. The summed E-state index contributed by atoms with van der Waals surface area (Å²) in [6.45, 7) is 3.76. The lowest BCUT2D eigenvalue weighted by molar-refractivity contribution is -0.115. The Balaban J connectivity index is 1.36. The normalized spacial score (nSPS) is 27.2. The molecule has 3 aliphatic rings. The lowest BCUT2D eigenvalue weighted by atomic mass is 9.96. The zero-order chi connectivity index (χ0) is 20.5. The Morgan fingerprint density at radius 1 is 1.34 bits per heavy atom. The van der Waals surface area contributed by atoms with Crippen molar-refractivity contribution in [2.45, 2.75) is 55.6 Å². The molecular formula is C20H27N3O5S. The van der Waals surface area contributed by atoms with E-state index >= 15 is 0 Å². The van der Waals surface area contributed by atoms with Crippen LogP contribution in [0, 0.1) is 0 Å². The fourth-order valence-electron chi connectivity index (χ4n) is 4.04. The lowest BCUT2D eigenvalue weighted by Gasteiger charge is -2.21. The molecule has 3 heterocycles. The van der Waals surface area contributed by atoms with Crippen LogP contribution in [-0.4, -0.2) is 62.3 Å². The number of hydrogen-bond acceptors (Lipinski definition) is 6. The standard InChI is InChI=1S/C20H27N3O5S/c1-2-15-5-7-17(8-6-15)29(25,26)23-10-9-20(14-23)12-18(22-28-20)19(24)21-13-16-4-3-11-27-16/h5-8,16H,2-4,9-14H2,1H3,(H,21,24)/t16-,20+/m1/s1. The Hall–Kier alpha value is -1.97. The van der Waals surface area contributed by atoms with Gasteiger partial charge >= 0.3 is 0 Å². The molecule has 1 aromatic rings. The van der Waals surface area contributed by atoms with E-state index in [4.69, 9.17) is 9.57 Å². The van der Waals surface area contributed by atoms with Gasteiger partial charge < -0.3 is 14.9 Å². The van der Waals surface area contributed by atoms with Crippen molar-refractivity contribution in [2.24, 2.45) is 5.16 Å². The molecule has 1 aromatic carbocycles. The van der Waals surface area contributed by atoms with Crippen molar-refractivity contribution in [1.29, 1.82) is 0 Å². The predicted octanol–water partition coefficient (Wildman–Crippen LogP) is 1.45. The number of carbonyl (C=O) groups excluding carboxylic acids is 1. The molecule has 0 bridgehead atoms. The van der Waals surface area contributed by atoms with Crippen LogP contribution >= 0.6 is 0 Å². The number of rotatable bonds is 6. The smallest absolute Gasteiger partial charge is 0.269 e. The van der Waals surface area contributed by atoms with Gasteiger partial charge in [-0.05, 0) is 37.0 Å². The van der Waals surface area contributed by atoms with Crippen molar-refractivity contribution >= 4 is 21.6 Å². The first kappa shape index (κ1) is 20.3. The fourth-order valence-corrected chi connectivity index (χ4v) is 5.55. The maximum atomic E-state index is 13.0. The highest BCUT2D eigenvalue weighted by atomic mass is 32.2. The molecule has 2 saturated heterocycles. The van der Waals surface area contributed by atoms with Crippen molar-refractivity contribution in [3.8, 4) is 0 Å². The number of ether oxygens (including phenoxy) is 1. The molecule has 9 heteroatoms. The van der Waals surface area contributed by atoms with E-state index in [9.17, 15) is 13.2 Å². The number of nitrogens with one attached hydrogen (secondary N) is 1. The first-order valence-corrected chi connectivity index (χ1v) is 11.6. The number of amides is 1. The summed E-state index contributed by atoms with van der Waals surface area (Å²) in [5, 5.41) is 6.81. The second-order valence-corrected chi connectivity index (χ2v) is 9.86. The summed E-state index contributed by atoms with van der Waals surface area (Å²) >= 11 is 0. The Kier molecular flexibility index (Phi) is 5.63. The number of carbonyl (C=O) groups is 1. The van der Waals surface area contributed by atoms with E-state index in [1.807, 2.05) is 19.1 Å². The molecule has 0 radical (unpaired) electrons. The van der Waals surface area contributed by atoms with Crippen LogP contribution in [0.5, 0.6) is 0 Å². The van der Waals surface area contributed by atoms with Crippen LogP contribution in [0.2, 0.25) is 0 Å². The highest BCUT2D eigenvalue weighted by Crippen LogP contribution is 2.36. The number of sulfonamides is 1. The lowest BCUT2D eigenvalue weighted by Crippen LogP contribution is -2.40. The highest BCUT2D eigenvalue weighted by molar-refractivity contribution is 7.89. The molecule has 29 heavy (non-hydrogen) atoms. The largest absolute Gasteiger partial charge is 0.387 e. The summed E-state index contributed by atoms with van der Waals surface area (Å²) < 4.78 is 32.9. The van der Waals surface area contributed by atoms with Gasteiger partial charge in [0, 0.05) is 32.5 Å². The molecule has 8 nitrogen and oxygen atoms in total. The summed E-state index contributed by atoms with van der Waals surface area (Å²) in [5.41, 5.74) is 0.648. The second kappa shape index (κ2) is 8.04. The molecule has 0 unspecified atom stereocenters. The van der Waals surface area contributed by atoms with Gasteiger partial charge in [-0.3, -0.25) is 4.79 Å². The minimum atomic E-state index is -3.60. The van der Waals surface area contributed by atoms with Crippen LogP contribution in [0.3, 0.4) is 0 Å². The fraction of sp³-hybridized carbons (Fsp3) is 0.600. The van der Waals surface area contributed by atoms with Crippen molar-refractivity contribution in [3.05, 3.63) is 29.8 Å². The van der Waals surface area contributed by atoms with Crippen LogP contribution in [0.4, 0.5) is 0 Å². The van der Waals surface area contributed by atoms with Gasteiger partial charge in [0.05, 0.1) is 17.5 Å². The predicted molar refractivity (Wildman–Crippen MR) is 107 cm³/mol. The van der Waals surface area contributed by atoms with E-state index in [0.717, 1.165) is 31.4 Å². The summed E-state index contributed by atoms with van der Waals surface area (Å²) in [6, 6.07) is 6.97. The molecule has 1 amide bonds. The van der Waals surface area contributed by atoms with Crippen molar-refractivity contribution in [2.75, 3.05) is 26.2 Å². The maximum Gasteiger partial charge on any atom is 0.269 e. The van der Waals surface area contributed by atoms with Gasteiger partial charge in [-0.15, -0.1) is 0 Å². The van der Waals surface area contributed by atoms with E-state index in [1.165, 1.54) is 4.31 Å². The minimum Gasteiger partial charge on any atom is -0.387 e. The summed E-state index contributed by atoms with van der Waals surface area (Å²) in [6.07, 6.45) is 3.69. The quantitative estimate of drug-likeness (QED) is 0.750. The number of benzene rings is 1. The van der Waals surface area contributed by atoms with Gasteiger partial charge in [0.1, 0.15) is 5.71 Å². The summed E-state index contributed by atoms with van der Waals surface area (Å²) in [4.78, 5) is 18.3.